The summed E-state index contributed by atoms with van der Waals surface area (Å²) in [5.74, 6) is 1.54. The van der Waals surface area contributed by atoms with Crippen LogP contribution in [-0.4, -0.2) is 15.0 Å². The van der Waals surface area contributed by atoms with Crippen LogP contribution in [0.4, 0.5) is 0 Å². The molecule has 1 atom stereocenters. The van der Waals surface area contributed by atoms with Gasteiger partial charge in [0, 0.05) is 6.42 Å². The molecule has 86 valence electrons. The van der Waals surface area contributed by atoms with Crippen molar-refractivity contribution in [3.05, 3.63) is 22.1 Å². The monoisotopic (exact) mass is 257 g/mol. The van der Waals surface area contributed by atoms with E-state index in [0.717, 1.165) is 24.2 Å². The second kappa shape index (κ2) is 4.60. The summed E-state index contributed by atoms with van der Waals surface area (Å²) < 4.78 is 0. The number of imidazole rings is 1. The van der Waals surface area contributed by atoms with Crippen molar-refractivity contribution < 1.29 is 0 Å². The summed E-state index contributed by atoms with van der Waals surface area (Å²) in [6.45, 7) is 4.36. The van der Waals surface area contributed by atoms with E-state index in [0.29, 0.717) is 21.7 Å². The Labute approximate surface area is 104 Å². The number of H-pyrrole nitrogens is 1. The molecule has 5 heteroatoms. The number of fused-ring (bicyclic) bond motifs is 1. The van der Waals surface area contributed by atoms with Gasteiger partial charge < -0.3 is 4.98 Å². The lowest BCUT2D eigenvalue weighted by atomic mass is 10.1. The number of hydrogen-bond donors (Lipinski definition) is 1. The molecule has 0 radical (unpaired) electrons. The Hall–Kier alpha value is -0.800. The van der Waals surface area contributed by atoms with Crippen molar-refractivity contribution in [2.75, 3.05) is 0 Å². The highest BCUT2D eigenvalue weighted by molar-refractivity contribution is 6.41. The average molecular weight is 258 g/mol. The van der Waals surface area contributed by atoms with Gasteiger partial charge in [-0.2, -0.15) is 0 Å². The highest BCUT2D eigenvalue weighted by Gasteiger charge is 2.09. The quantitative estimate of drug-likeness (QED) is 0.849. The van der Waals surface area contributed by atoms with E-state index in [2.05, 4.69) is 28.8 Å². The number of hydrogen-bond acceptors (Lipinski definition) is 2. The van der Waals surface area contributed by atoms with Crippen LogP contribution in [0.3, 0.4) is 0 Å². The van der Waals surface area contributed by atoms with Crippen molar-refractivity contribution >= 4 is 34.4 Å². The fourth-order valence-electron chi connectivity index (χ4n) is 1.52. The lowest BCUT2D eigenvalue weighted by Crippen LogP contribution is -1.99. The molecule has 1 N–H and O–H groups in total. The highest BCUT2D eigenvalue weighted by Crippen LogP contribution is 2.23. The second-order valence-corrected chi connectivity index (χ2v) is 4.80. The lowest BCUT2D eigenvalue weighted by Gasteiger charge is -2.03. The van der Waals surface area contributed by atoms with Gasteiger partial charge in [0.2, 0.25) is 0 Å². The van der Waals surface area contributed by atoms with Gasteiger partial charge in [-0.15, -0.1) is 0 Å². The van der Waals surface area contributed by atoms with E-state index >= 15 is 0 Å². The van der Waals surface area contributed by atoms with E-state index in [1.54, 1.807) is 6.07 Å². The molecule has 1 unspecified atom stereocenters. The third-order valence-corrected chi connectivity index (χ3v) is 3.34. The van der Waals surface area contributed by atoms with Crippen LogP contribution in [0.2, 0.25) is 10.2 Å². The van der Waals surface area contributed by atoms with Crippen LogP contribution in [0.5, 0.6) is 0 Å². The van der Waals surface area contributed by atoms with Crippen molar-refractivity contribution in [1.82, 2.24) is 15.0 Å². The van der Waals surface area contributed by atoms with Gasteiger partial charge >= 0.3 is 0 Å². The normalized spacial score (nSPS) is 13.2. The minimum absolute atomic E-state index is 0.302. The maximum Gasteiger partial charge on any atom is 0.179 e. The number of nitrogens with one attached hydrogen (secondary N) is 1. The molecule has 0 saturated heterocycles. The maximum atomic E-state index is 5.89. The van der Waals surface area contributed by atoms with E-state index in [1.165, 1.54) is 0 Å². The Bertz CT molecular complexity index is 468. The first kappa shape index (κ1) is 11.7. The molecule has 2 aromatic heterocycles. The van der Waals surface area contributed by atoms with E-state index < -0.39 is 0 Å². The molecule has 0 aromatic carbocycles. The van der Waals surface area contributed by atoms with Crippen molar-refractivity contribution in [2.45, 2.75) is 26.7 Å². The Balaban J connectivity index is 2.36. The molecule has 3 nitrogen and oxygen atoms in total. The van der Waals surface area contributed by atoms with Crippen LogP contribution >= 0.6 is 23.2 Å². The largest absolute Gasteiger partial charge is 0.341 e. The number of nitrogens with zero attached hydrogens (tertiary/aromatic N) is 2. The molecule has 0 spiro atoms. The summed E-state index contributed by atoms with van der Waals surface area (Å²) in [6, 6.07) is 1.76. The molecule has 2 rings (SSSR count). The Morgan fingerprint density at radius 3 is 2.81 bits per heavy atom. The fraction of sp³-hybridized carbons (Fsp3) is 0.455. The summed E-state index contributed by atoms with van der Waals surface area (Å²) in [5.41, 5.74) is 1.47. The van der Waals surface area contributed by atoms with Gasteiger partial charge in [-0.1, -0.05) is 43.5 Å². The highest BCUT2D eigenvalue weighted by atomic mass is 35.5. The first-order valence-corrected chi connectivity index (χ1v) is 6.06. The third kappa shape index (κ3) is 2.30. The predicted octanol–water partition coefficient (Wildman–Crippen LogP) is 3.85. The minimum atomic E-state index is 0.302. The smallest absolute Gasteiger partial charge is 0.179 e. The molecular formula is C11H13Cl2N3. The number of halogens is 2. The Morgan fingerprint density at radius 1 is 1.38 bits per heavy atom. The SMILES string of the molecule is CCC(C)Cc1nc2nc(Cl)c(Cl)cc2[nH]1. The van der Waals surface area contributed by atoms with E-state index in [-0.39, 0.29) is 0 Å². The van der Waals surface area contributed by atoms with Gasteiger partial charge in [0.25, 0.3) is 0 Å². The Morgan fingerprint density at radius 2 is 2.12 bits per heavy atom. The summed E-state index contributed by atoms with van der Waals surface area (Å²) in [7, 11) is 0. The minimum Gasteiger partial charge on any atom is -0.341 e. The van der Waals surface area contributed by atoms with Gasteiger partial charge in [0.1, 0.15) is 11.0 Å². The molecule has 0 amide bonds. The maximum absolute atomic E-state index is 5.89. The molecule has 2 heterocycles. The molecular weight excluding hydrogens is 245 g/mol. The third-order valence-electron chi connectivity index (χ3n) is 2.67. The molecule has 0 aliphatic carbocycles. The van der Waals surface area contributed by atoms with E-state index in [9.17, 15) is 0 Å². The fourth-order valence-corrected chi connectivity index (χ4v) is 1.80. The van der Waals surface area contributed by atoms with Gasteiger partial charge in [-0.05, 0) is 12.0 Å². The number of aromatic amines is 1. The molecule has 0 aliphatic rings. The van der Waals surface area contributed by atoms with Gasteiger partial charge in [-0.3, -0.25) is 0 Å². The van der Waals surface area contributed by atoms with Crippen LogP contribution in [0.15, 0.2) is 6.07 Å². The average Bonchev–Trinajstić information content (AvgIpc) is 2.60. The molecule has 0 saturated carbocycles. The van der Waals surface area contributed by atoms with Crippen LogP contribution in [0, 0.1) is 5.92 Å². The zero-order chi connectivity index (χ0) is 11.7. The summed E-state index contributed by atoms with van der Waals surface area (Å²) in [6.07, 6.45) is 2.05. The number of aromatic nitrogens is 3. The van der Waals surface area contributed by atoms with Crippen molar-refractivity contribution in [3.63, 3.8) is 0 Å². The molecule has 16 heavy (non-hydrogen) atoms. The number of rotatable bonds is 3. The van der Waals surface area contributed by atoms with E-state index in [1.807, 2.05) is 0 Å². The predicted molar refractivity (Wildman–Crippen MR) is 67.1 cm³/mol. The number of pyridine rings is 1. The van der Waals surface area contributed by atoms with Crippen LogP contribution in [0.1, 0.15) is 26.1 Å². The second-order valence-electron chi connectivity index (χ2n) is 4.03. The first-order chi connectivity index (χ1) is 7.60. The van der Waals surface area contributed by atoms with Gasteiger partial charge in [0.05, 0.1) is 10.5 Å². The van der Waals surface area contributed by atoms with Gasteiger partial charge in [-0.25, -0.2) is 9.97 Å². The van der Waals surface area contributed by atoms with Crippen molar-refractivity contribution in [2.24, 2.45) is 5.92 Å². The van der Waals surface area contributed by atoms with Crippen LogP contribution < -0.4 is 0 Å². The molecule has 2 aromatic rings. The van der Waals surface area contributed by atoms with Crippen molar-refractivity contribution in [3.8, 4) is 0 Å². The topological polar surface area (TPSA) is 41.6 Å². The standard InChI is InChI=1S/C11H13Cl2N3/c1-3-6(2)4-9-14-8-5-7(12)10(13)16-11(8)15-9/h5-6H,3-4H2,1-2H3,(H,14,15,16). The summed E-state index contributed by atoms with van der Waals surface area (Å²) >= 11 is 11.7. The van der Waals surface area contributed by atoms with Crippen molar-refractivity contribution in [1.29, 1.82) is 0 Å². The van der Waals surface area contributed by atoms with Gasteiger partial charge in [0.15, 0.2) is 5.65 Å². The lowest BCUT2D eigenvalue weighted by molar-refractivity contribution is 0.547. The van der Waals surface area contributed by atoms with E-state index in [4.69, 9.17) is 23.2 Å². The summed E-state index contributed by atoms with van der Waals surface area (Å²) in [5, 5.41) is 0.753. The van der Waals surface area contributed by atoms with Crippen LogP contribution in [-0.2, 0) is 6.42 Å². The zero-order valence-electron chi connectivity index (χ0n) is 9.22. The molecule has 0 aliphatic heterocycles. The Kier molecular flexibility index (Phi) is 3.36. The first-order valence-electron chi connectivity index (χ1n) is 5.30. The molecule has 0 bridgehead atoms. The molecule has 0 fully saturated rings. The van der Waals surface area contributed by atoms with Crippen LogP contribution in [0.25, 0.3) is 11.2 Å². The summed E-state index contributed by atoms with van der Waals surface area (Å²) in [4.78, 5) is 11.7. The zero-order valence-corrected chi connectivity index (χ0v) is 10.7.